The Labute approximate surface area is 108 Å². The summed E-state index contributed by atoms with van der Waals surface area (Å²) in [5.74, 6) is -1.90. The highest BCUT2D eigenvalue weighted by atomic mass is 32.1. The van der Waals surface area contributed by atoms with E-state index in [-0.39, 0.29) is 12.6 Å². The van der Waals surface area contributed by atoms with Gasteiger partial charge in [0.15, 0.2) is 5.92 Å². The van der Waals surface area contributed by atoms with E-state index in [1.165, 1.54) is 10.9 Å². The molecule has 98 valence electrons. The summed E-state index contributed by atoms with van der Waals surface area (Å²) in [4.78, 5) is 3.00. The lowest BCUT2D eigenvalue weighted by atomic mass is 9.99. The first-order valence-electron chi connectivity index (χ1n) is 5.70. The normalized spacial score (nSPS) is 22.3. The van der Waals surface area contributed by atoms with Crippen molar-refractivity contribution in [1.82, 2.24) is 4.90 Å². The zero-order valence-corrected chi connectivity index (χ0v) is 10.7. The first kappa shape index (κ1) is 13.4. The van der Waals surface area contributed by atoms with Gasteiger partial charge in [0, 0.05) is 24.0 Å². The van der Waals surface area contributed by atoms with Gasteiger partial charge in [-0.25, -0.2) is 0 Å². The summed E-state index contributed by atoms with van der Waals surface area (Å²) in [6.45, 7) is 2.24. The van der Waals surface area contributed by atoms with Crippen LogP contribution in [0.15, 0.2) is 11.4 Å². The number of hydrogen-bond acceptors (Lipinski definition) is 3. The molecule has 0 aromatic carbocycles. The minimum absolute atomic E-state index is 0.0433. The molecule has 2 atom stereocenters. The van der Waals surface area contributed by atoms with Crippen molar-refractivity contribution in [3.63, 3.8) is 0 Å². The van der Waals surface area contributed by atoms with Gasteiger partial charge in [0.05, 0.1) is 6.07 Å². The topological polar surface area (TPSA) is 27.0 Å². The van der Waals surface area contributed by atoms with Gasteiger partial charge >= 0.3 is 6.18 Å². The summed E-state index contributed by atoms with van der Waals surface area (Å²) in [5, 5.41) is 10.6. The molecule has 2 rings (SSSR count). The largest absolute Gasteiger partial charge is 0.405 e. The molecule has 0 aliphatic carbocycles. The van der Waals surface area contributed by atoms with Crippen LogP contribution in [0.1, 0.15) is 23.4 Å². The van der Waals surface area contributed by atoms with Crippen LogP contribution >= 0.6 is 11.3 Å². The predicted molar refractivity (Wildman–Crippen MR) is 63.2 cm³/mol. The summed E-state index contributed by atoms with van der Waals surface area (Å²) in [5.41, 5.74) is 1.10. The number of halogens is 3. The smallest absolute Gasteiger partial charge is 0.295 e. The van der Waals surface area contributed by atoms with Crippen LogP contribution < -0.4 is 0 Å². The van der Waals surface area contributed by atoms with E-state index in [0.717, 1.165) is 12.0 Å². The molecule has 0 saturated heterocycles. The van der Waals surface area contributed by atoms with Crippen molar-refractivity contribution in [3.05, 3.63) is 21.9 Å². The first-order valence-corrected chi connectivity index (χ1v) is 6.58. The number of nitriles is 1. The Bertz CT molecular complexity index is 461. The fraction of sp³-hybridized carbons (Fsp3) is 0.583. The summed E-state index contributed by atoms with van der Waals surface area (Å²) < 4.78 is 37.8. The van der Waals surface area contributed by atoms with Gasteiger partial charge in [0.2, 0.25) is 0 Å². The minimum Gasteiger partial charge on any atom is -0.295 e. The van der Waals surface area contributed by atoms with Gasteiger partial charge in [-0.2, -0.15) is 18.4 Å². The molecule has 1 aromatic heterocycles. The van der Waals surface area contributed by atoms with Crippen LogP contribution in [-0.2, 0) is 6.42 Å². The predicted octanol–water partition coefficient (Wildman–Crippen LogP) is 3.37. The first-order chi connectivity index (χ1) is 8.43. The molecule has 1 aliphatic heterocycles. The van der Waals surface area contributed by atoms with Crippen LogP contribution in [0, 0.1) is 17.2 Å². The van der Waals surface area contributed by atoms with Crippen LogP contribution in [0.4, 0.5) is 13.2 Å². The van der Waals surface area contributed by atoms with Gasteiger partial charge < -0.3 is 0 Å². The van der Waals surface area contributed by atoms with E-state index in [1.807, 2.05) is 18.4 Å². The van der Waals surface area contributed by atoms with Crippen LogP contribution in [0.2, 0.25) is 0 Å². The van der Waals surface area contributed by atoms with Gasteiger partial charge in [-0.15, -0.1) is 11.3 Å². The Balaban J connectivity index is 2.11. The second-order valence-electron chi connectivity index (χ2n) is 4.44. The Morgan fingerprint density at radius 3 is 2.94 bits per heavy atom. The minimum atomic E-state index is -4.44. The van der Waals surface area contributed by atoms with E-state index < -0.39 is 12.1 Å². The maximum atomic E-state index is 12.6. The Hall–Kier alpha value is -1.06. The molecule has 2 unspecified atom stereocenters. The number of nitrogens with zero attached hydrogens (tertiary/aromatic N) is 2. The SMILES string of the molecule is CC1c2ccsc2CCN1CC(C#N)C(F)(F)F. The molecule has 0 N–H and O–H groups in total. The fourth-order valence-electron chi connectivity index (χ4n) is 2.26. The van der Waals surface area contributed by atoms with Crippen molar-refractivity contribution in [2.45, 2.75) is 25.6 Å². The summed E-state index contributed by atoms with van der Waals surface area (Å²) in [7, 11) is 0. The monoisotopic (exact) mass is 274 g/mol. The average Bonchev–Trinajstić information content (AvgIpc) is 2.75. The van der Waals surface area contributed by atoms with E-state index in [1.54, 1.807) is 16.2 Å². The highest BCUT2D eigenvalue weighted by Gasteiger charge is 2.42. The highest BCUT2D eigenvalue weighted by molar-refractivity contribution is 7.10. The zero-order valence-electron chi connectivity index (χ0n) is 9.87. The van der Waals surface area contributed by atoms with Gasteiger partial charge in [-0.05, 0) is 30.4 Å². The van der Waals surface area contributed by atoms with Crippen molar-refractivity contribution in [2.75, 3.05) is 13.1 Å². The summed E-state index contributed by atoms with van der Waals surface area (Å²) in [6, 6.07) is 3.28. The number of alkyl halides is 3. The van der Waals surface area contributed by atoms with Gasteiger partial charge in [-0.3, -0.25) is 4.90 Å². The molecule has 0 spiro atoms. The number of thiophene rings is 1. The Morgan fingerprint density at radius 2 is 2.33 bits per heavy atom. The average molecular weight is 274 g/mol. The van der Waals surface area contributed by atoms with Crippen LogP contribution in [0.5, 0.6) is 0 Å². The van der Waals surface area contributed by atoms with E-state index in [0.29, 0.717) is 6.54 Å². The zero-order chi connectivity index (χ0) is 13.3. The fourth-order valence-corrected chi connectivity index (χ4v) is 3.23. The summed E-state index contributed by atoms with van der Waals surface area (Å²) in [6.07, 6.45) is -3.67. The molecule has 2 nitrogen and oxygen atoms in total. The van der Waals surface area contributed by atoms with Crippen molar-refractivity contribution in [2.24, 2.45) is 5.92 Å². The van der Waals surface area contributed by atoms with Gasteiger partial charge in [0.1, 0.15) is 0 Å². The van der Waals surface area contributed by atoms with Crippen LogP contribution in [0.25, 0.3) is 0 Å². The molecular formula is C12H13F3N2S. The molecule has 0 radical (unpaired) electrons. The van der Waals surface area contributed by atoms with E-state index in [9.17, 15) is 13.2 Å². The maximum Gasteiger partial charge on any atom is 0.405 e. The standard InChI is InChI=1S/C12H13F3N2S/c1-8-10-3-5-18-11(10)2-4-17(8)7-9(6-16)12(13,14)15/h3,5,8-9H,2,4,7H2,1H3. The molecule has 1 aliphatic rings. The lowest BCUT2D eigenvalue weighted by Gasteiger charge is -2.35. The van der Waals surface area contributed by atoms with Crippen molar-refractivity contribution in [1.29, 1.82) is 5.26 Å². The third-order valence-corrected chi connectivity index (χ3v) is 4.37. The Kier molecular flexibility index (Phi) is 3.64. The molecule has 1 aromatic rings. The maximum absolute atomic E-state index is 12.6. The van der Waals surface area contributed by atoms with Crippen molar-refractivity contribution in [3.8, 4) is 6.07 Å². The van der Waals surface area contributed by atoms with Crippen molar-refractivity contribution >= 4 is 11.3 Å². The van der Waals surface area contributed by atoms with E-state index in [4.69, 9.17) is 5.26 Å². The van der Waals surface area contributed by atoms with Crippen LogP contribution in [-0.4, -0.2) is 24.2 Å². The third-order valence-electron chi connectivity index (χ3n) is 3.37. The lowest BCUT2D eigenvalue weighted by Crippen LogP contribution is -2.40. The second-order valence-corrected chi connectivity index (χ2v) is 5.44. The molecule has 0 bridgehead atoms. The number of rotatable bonds is 2. The summed E-state index contributed by atoms with van der Waals surface area (Å²) >= 11 is 1.65. The molecule has 0 saturated carbocycles. The molecule has 0 amide bonds. The van der Waals surface area contributed by atoms with Crippen LogP contribution in [0.3, 0.4) is 0 Å². The molecule has 0 fully saturated rings. The highest BCUT2D eigenvalue weighted by Crippen LogP contribution is 2.35. The quantitative estimate of drug-likeness (QED) is 0.826. The number of hydrogen-bond donors (Lipinski definition) is 0. The Morgan fingerprint density at radius 1 is 1.61 bits per heavy atom. The number of fused-ring (bicyclic) bond motifs is 1. The third kappa shape index (κ3) is 2.52. The van der Waals surface area contributed by atoms with Gasteiger partial charge in [-0.1, -0.05) is 0 Å². The van der Waals surface area contributed by atoms with Gasteiger partial charge in [0.25, 0.3) is 0 Å². The van der Waals surface area contributed by atoms with E-state index in [2.05, 4.69) is 0 Å². The van der Waals surface area contributed by atoms with Crippen molar-refractivity contribution < 1.29 is 13.2 Å². The molecule has 2 heterocycles. The van der Waals surface area contributed by atoms with E-state index >= 15 is 0 Å². The second kappa shape index (κ2) is 4.90. The molecule has 18 heavy (non-hydrogen) atoms. The lowest BCUT2D eigenvalue weighted by molar-refractivity contribution is -0.164. The molecule has 6 heteroatoms. The molecular weight excluding hydrogens is 261 g/mol.